The second-order valence-corrected chi connectivity index (χ2v) is 33.1. The molecule has 0 saturated carbocycles. The lowest BCUT2D eigenvalue weighted by molar-refractivity contribution is -0.161. The summed E-state index contributed by atoms with van der Waals surface area (Å²) in [4.78, 5) is 73.1. The normalized spacial score (nSPS) is 14.2. The molecular weight excluding hydrogens is 1320 g/mol. The van der Waals surface area contributed by atoms with Crippen molar-refractivity contribution in [2.24, 2.45) is 11.8 Å². The molecule has 6 atom stereocenters. The zero-order valence-corrected chi connectivity index (χ0v) is 68.0. The molecule has 0 heterocycles. The van der Waals surface area contributed by atoms with Crippen LogP contribution in [0.1, 0.15) is 433 Å². The molecule has 3 unspecified atom stereocenters. The first-order valence-electron chi connectivity index (χ1n) is 42.5. The molecule has 0 radical (unpaired) electrons. The van der Waals surface area contributed by atoms with Crippen LogP contribution in [0.25, 0.3) is 0 Å². The number of aliphatic hydroxyl groups is 1. The predicted octanol–water partition coefficient (Wildman–Crippen LogP) is 24.7. The highest BCUT2D eigenvalue weighted by molar-refractivity contribution is 7.47. The molecule has 0 amide bonds. The third-order valence-electron chi connectivity index (χ3n) is 19.6. The summed E-state index contributed by atoms with van der Waals surface area (Å²) >= 11 is 0. The number of hydrogen-bond donors (Lipinski definition) is 3. The Labute approximate surface area is 619 Å². The van der Waals surface area contributed by atoms with Crippen molar-refractivity contribution in [1.29, 1.82) is 0 Å². The van der Waals surface area contributed by atoms with Crippen LogP contribution in [0.4, 0.5) is 0 Å². The number of esters is 4. The second-order valence-electron chi connectivity index (χ2n) is 30.2. The van der Waals surface area contributed by atoms with Gasteiger partial charge in [-0.05, 0) is 37.5 Å². The maximum atomic E-state index is 13.1. The number of aliphatic hydroxyl groups excluding tert-OH is 1. The first kappa shape index (κ1) is 99.1. The minimum atomic E-state index is -4.96. The summed E-state index contributed by atoms with van der Waals surface area (Å²) in [6, 6.07) is 0. The van der Waals surface area contributed by atoms with Gasteiger partial charge in [0.05, 0.1) is 26.4 Å². The van der Waals surface area contributed by atoms with Crippen LogP contribution >= 0.6 is 15.6 Å². The summed E-state index contributed by atoms with van der Waals surface area (Å²) < 4.78 is 68.8. The van der Waals surface area contributed by atoms with E-state index in [1.807, 2.05) is 0 Å². The van der Waals surface area contributed by atoms with Crippen LogP contribution in [0.15, 0.2) is 0 Å². The van der Waals surface area contributed by atoms with E-state index in [2.05, 4.69) is 41.5 Å². The molecule has 3 N–H and O–H groups in total. The van der Waals surface area contributed by atoms with Gasteiger partial charge in [-0.15, -0.1) is 0 Å². The number of rotatable bonds is 81. The smallest absolute Gasteiger partial charge is 0.462 e. The first-order chi connectivity index (χ1) is 48.9. The standard InChI is InChI=1S/C82H160O17P2/c1-7-10-12-14-16-18-20-22-24-25-28-32-35-39-46-52-58-64-79(84)92-70-77(98-82(87)67-61-55-49-41-37-33-29-26-27-30-34-38-44-50-56-62-74(4)5)72-96-100(88,89)94-68-76(83)69-95-101(90,91)97-73-78(71-93-80(85)65-59-53-47-43-42-45-51-57-63-75(6)9-3)99-81(86)66-60-54-48-40-36-31-23-21-19-17-15-13-11-8-2/h74-78,83H,7-73H2,1-6H3,(H,88,89)(H,90,91)/t75?,76-,77-,78-/m1/s1. The van der Waals surface area contributed by atoms with Crippen molar-refractivity contribution < 1.29 is 80.2 Å². The monoisotopic (exact) mass is 1480 g/mol. The molecule has 101 heavy (non-hydrogen) atoms. The average Bonchev–Trinajstić information content (AvgIpc) is 1.32. The van der Waals surface area contributed by atoms with E-state index in [1.54, 1.807) is 0 Å². The van der Waals surface area contributed by atoms with Gasteiger partial charge in [0, 0.05) is 25.7 Å². The molecule has 0 aliphatic carbocycles. The van der Waals surface area contributed by atoms with Crippen LogP contribution in [0.3, 0.4) is 0 Å². The lowest BCUT2D eigenvalue weighted by Crippen LogP contribution is -2.30. The maximum absolute atomic E-state index is 13.1. The minimum absolute atomic E-state index is 0.108. The van der Waals surface area contributed by atoms with Crippen LogP contribution in [0, 0.1) is 11.8 Å². The SMILES string of the molecule is CCCCCCCCCCCCCCCCCCCC(=O)OC[C@H](COP(=O)(O)OC[C@@H](O)COP(=O)(O)OC[C@@H](COC(=O)CCCCCCCCCCC(C)CC)OC(=O)CCCCCCCCCCCCCCCC)OC(=O)CCCCCCCCCCCCCCCCCC(C)C. The Kier molecular flexibility index (Phi) is 72.2. The predicted molar refractivity (Wildman–Crippen MR) is 414 cm³/mol. The Morgan fingerprint density at radius 1 is 0.287 bits per heavy atom. The lowest BCUT2D eigenvalue weighted by Gasteiger charge is -2.21. The Morgan fingerprint density at radius 2 is 0.505 bits per heavy atom. The molecule has 17 nitrogen and oxygen atoms in total. The van der Waals surface area contributed by atoms with Crippen LogP contribution in [0.2, 0.25) is 0 Å². The fraction of sp³-hybridized carbons (Fsp3) is 0.951. The summed E-state index contributed by atoms with van der Waals surface area (Å²) in [6.45, 7) is 9.68. The molecule has 0 aromatic carbocycles. The largest absolute Gasteiger partial charge is 0.472 e. The summed E-state index contributed by atoms with van der Waals surface area (Å²) in [7, 11) is -9.92. The third kappa shape index (κ3) is 74.7. The van der Waals surface area contributed by atoms with E-state index in [9.17, 15) is 43.2 Å². The number of phosphoric acid groups is 2. The van der Waals surface area contributed by atoms with Crippen molar-refractivity contribution in [2.75, 3.05) is 39.6 Å². The number of ether oxygens (including phenoxy) is 4. The number of hydrogen-bond acceptors (Lipinski definition) is 15. The maximum Gasteiger partial charge on any atom is 0.472 e. The molecule has 0 spiro atoms. The van der Waals surface area contributed by atoms with Gasteiger partial charge >= 0.3 is 39.5 Å². The average molecular weight is 1480 g/mol. The van der Waals surface area contributed by atoms with E-state index in [-0.39, 0.29) is 25.7 Å². The number of carbonyl (C=O) groups excluding carboxylic acids is 4. The van der Waals surface area contributed by atoms with Crippen molar-refractivity contribution in [3.63, 3.8) is 0 Å². The number of carbonyl (C=O) groups is 4. The Bertz CT molecular complexity index is 1940. The quantitative estimate of drug-likeness (QED) is 0.0222. The van der Waals surface area contributed by atoms with Crippen molar-refractivity contribution in [3.05, 3.63) is 0 Å². The molecule has 600 valence electrons. The van der Waals surface area contributed by atoms with E-state index in [1.165, 1.54) is 250 Å². The summed E-state index contributed by atoms with van der Waals surface area (Å²) in [6.07, 6.45) is 63.7. The van der Waals surface area contributed by atoms with Crippen LogP contribution in [-0.2, 0) is 65.4 Å². The van der Waals surface area contributed by atoms with Gasteiger partial charge < -0.3 is 33.8 Å². The molecule has 0 rings (SSSR count). The zero-order valence-electron chi connectivity index (χ0n) is 66.2. The van der Waals surface area contributed by atoms with E-state index < -0.39 is 97.5 Å². The van der Waals surface area contributed by atoms with Gasteiger partial charge in [0.1, 0.15) is 19.3 Å². The van der Waals surface area contributed by atoms with E-state index in [4.69, 9.17) is 37.0 Å². The van der Waals surface area contributed by atoms with Crippen LogP contribution in [0.5, 0.6) is 0 Å². The summed E-state index contributed by atoms with van der Waals surface area (Å²) in [5, 5.41) is 10.7. The Hall–Kier alpha value is -1.94. The fourth-order valence-corrected chi connectivity index (χ4v) is 14.3. The van der Waals surface area contributed by atoms with Gasteiger partial charge in [-0.3, -0.25) is 37.3 Å². The van der Waals surface area contributed by atoms with Gasteiger partial charge in [-0.25, -0.2) is 9.13 Å². The molecule has 0 bridgehead atoms. The van der Waals surface area contributed by atoms with Gasteiger partial charge in [0.15, 0.2) is 12.2 Å². The van der Waals surface area contributed by atoms with E-state index in [0.29, 0.717) is 25.7 Å². The van der Waals surface area contributed by atoms with Crippen molar-refractivity contribution in [2.45, 2.75) is 452 Å². The molecule has 0 aromatic heterocycles. The highest BCUT2D eigenvalue weighted by atomic mass is 31.2. The first-order valence-corrected chi connectivity index (χ1v) is 45.5. The Morgan fingerprint density at radius 3 is 0.752 bits per heavy atom. The minimum Gasteiger partial charge on any atom is -0.462 e. The molecule has 0 fully saturated rings. The van der Waals surface area contributed by atoms with Crippen molar-refractivity contribution >= 4 is 39.5 Å². The number of phosphoric ester groups is 2. The highest BCUT2D eigenvalue weighted by Gasteiger charge is 2.30. The molecule has 19 heteroatoms. The van der Waals surface area contributed by atoms with Crippen molar-refractivity contribution in [1.82, 2.24) is 0 Å². The van der Waals surface area contributed by atoms with Gasteiger partial charge in [0.2, 0.25) is 0 Å². The lowest BCUT2D eigenvalue weighted by atomic mass is 9.99. The molecule has 0 aliphatic heterocycles. The van der Waals surface area contributed by atoms with Crippen LogP contribution < -0.4 is 0 Å². The number of unbranched alkanes of at least 4 members (excludes halogenated alkanes) is 50. The topological polar surface area (TPSA) is 237 Å². The molecule has 0 saturated heterocycles. The molecular formula is C82H160O17P2. The van der Waals surface area contributed by atoms with Gasteiger partial charge in [0.25, 0.3) is 0 Å². The Balaban J connectivity index is 5.26. The summed E-state index contributed by atoms with van der Waals surface area (Å²) in [5.41, 5.74) is 0. The van der Waals surface area contributed by atoms with Gasteiger partial charge in [-0.1, -0.05) is 382 Å². The van der Waals surface area contributed by atoms with E-state index >= 15 is 0 Å². The van der Waals surface area contributed by atoms with Gasteiger partial charge in [-0.2, -0.15) is 0 Å². The van der Waals surface area contributed by atoms with Crippen molar-refractivity contribution in [3.8, 4) is 0 Å². The molecule has 0 aromatic rings. The second kappa shape index (κ2) is 73.6. The zero-order chi connectivity index (χ0) is 74.2. The molecule has 0 aliphatic rings. The van der Waals surface area contributed by atoms with E-state index in [0.717, 1.165) is 102 Å². The highest BCUT2D eigenvalue weighted by Crippen LogP contribution is 2.45. The summed E-state index contributed by atoms with van der Waals surface area (Å²) in [5.74, 6) is -0.525. The van der Waals surface area contributed by atoms with Crippen LogP contribution in [-0.4, -0.2) is 96.7 Å². The third-order valence-corrected chi connectivity index (χ3v) is 21.5. The fourth-order valence-electron chi connectivity index (χ4n) is 12.7.